The molecule has 110 valence electrons. The van der Waals surface area contributed by atoms with Crippen molar-refractivity contribution in [1.29, 1.82) is 0 Å². The summed E-state index contributed by atoms with van der Waals surface area (Å²) in [6.45, 7) is 0.823. The number of aromatic nitrogens is 2. The molecule has 2 rings (SSSR count). The third-order valence-corrected chi connectivity index (χ3v) is 3.19. The molecule has 5 nitrogen and oxygen atoms in total. The molecule has 20 heavy (non-hydrogen) atoms. The van der Waals surface area contributed by atoms with E-state index in [0.717, 1.165) is 12.3 Å². The van der Waals surface area contributed by atoms with E-state index in [4.69, 9.17) is 0 Å². The summed E-state index contributed by atoms with van der Waals surface area (Å²) in [4.78, 5) is 22.3. The van der Waals surface area contributed by atoms with Crippen molar-refractivity contribution >= 4 is 11.9 Å². The Morgan fingerprint density at radius 3 is 2.75 bits per heavy atom. The molecule has 0 saturated carbocycles. The quantitative estimate of drug-likeness (QED) is 0.825. The van der Waals surface area contributed by atoms with Gasteiger partial charge in [0.05, 0.1) is 5.92 Å². The molecule has 1 saturated heterocycles. The van der Waals surface area contributed by atoms with Gasteiger partial charge in [0.1, 0.15) is 5.69 Å². The summed E-state index contributed by atoms with van der Waals surface area (Å²) in [7, 11) is 3.32. The molecule has 0 N–H and O–H groups in total. The second-order valence-corrected chi connectivity index (χ2v) is 4.90. The minimum absolute atomic E-state index is 0.0221. The first-order valence-corrected chi connectivity index (χ1v) is 6.15. The smallest absolute Gasteiger partial charge is 0.349 e. The number of alkyl halides is 3. The molecule has 2 heterocycles. The van der Waals surface area contributed by atoms with Crippen LogP contribution >= 0.6 is 0 Å². The molecular weight excluding hydrogens is 273 g/mol. The molecule has 1 atom stereocenters. The molecule has 0 radical (unpaired) electrons. The number of hydrogen-bond acceptors (Lipinski definition) is 4. The largest absolute Gasteiger partial charge is 0.433 e. The van der Waals surface area contributed by atoms with Gasteiger partial charge in [-0.2, -0.15) is 13.2 Å². The van der Waals surface area contributed by atoms with Gasteiger partial charge in [0.25, 0.3) is 0 Å². The molecule has 0 spiro atoms. The fourth-order valence-electron chi connectivity index (χ4n) is 2.17. The Hall–Kier alpha value is -1.86. The maximum Gasteiger partial charge on any atom is 0.433 e. The number of rotatable bonds is 2. The lowest BCUT2D eigenvalue weighted by Crippen LogP contribution is -2.32. The van der Waals surface area contributed by atoms with Gasteiger partial charge < -0.3 is 9.80 Å². The van der Waals surface area contributed by atoms with E-state index in [9.17, 15) is 18.0 Å². The SMILES string of the molecule is CN(C)C(=O)C1CCN(c2nccc(C(F)(F)F)n2)C1. The van der Waals surface area contributed by atoms with Gasteiger partial charge in [-0.05, 0) is 12.5 Å². The molecule has 1 aromatic heterocycles. The molecule has 0 aromatic carbocycles. The van der Waals surface area contributed by atoms with Gasteiger partial charge in [0.15, 0.2) is 0 Å². The normalized spacial score (nSPS) is 19.2. The maximum atomic E-state index is 12.6. The van der Waals surface area contributed by atoms with Crippen LogP contribution in [0.1, 0.15) is 12.1 Å². The van der Waals surface area contributed by atoms with E-state index in [1.165, 1.54) is 4.90 Å². The zero-order chi connectivity index (χ0) is 14.9. The van der Waals surface area contributed by atoms with Crippen molar-refractivity contribution in [3.8, 4) is 0 Å². The molecular formula is C12H15F3N4O. The van der Waals surface area contributed by atoms with E-state index in [1.807, 2.05) is 0 Å². The first-order valence-electron chi connectivity index (χ1n) is 6.15. The molecule has 1 aliphatic rings. The Balaban J connectivity index is 2.13. The minimum Gasteiger partial charge on any atom is -0.349 e. The predicted molar refractivity (Wildman–Crippen MR) is 66.0 cm³/mol. The number of anilines is 1. The van der Waals surface area contributed by atoms with Gasteiger partial charge in [-0.15, -0.1) is 0 Å². The summed E-state index contributed by atoms with van der Waals surface area (Å²) in [5.74, 6) is -0.225. The Kier molecular flexibility index (Phi) is 3.82. The Bertz CT molecular complexity index is 504. The van der Waals surface area contributed by atoms with Crippen LogP contribution in [-0.2, 0) is 11.0 Å². The summed E-state index contributed by atoms with van der Waals surface area (Å²) in [6.07, 6.45) is -2.81. The number of hydrogen-bond donors (Lipinski definition) is 0. The fourth-order valence-corrected chi connectivity index (χ4v) is 2.17. The Morgan fingerprint density at radius 2 is 2.15 bits per heavy atom. The average Bonchev–Trinajstić information content (AvgIpc) is 2.86. The van der Waals surface area contributed by atoms with Gasteiger partial charge in [-0.25, -0.2) is 9.97 Å². The number of amides is 1. The Labute approximate surface area is 114 Å². The van der Waals surface area contributed by atoms with E-state index in [0.29, 0.717) is 19.5 Å². The monoisotopic (exact) mass is 288 g/mol. The van der Waals surface area contributed by atoms with Crippen molar-refractivity contribution < 1.29 is 18.0 Å². The lowest BCUT2D eigenvalue weighted by atomic mass is 10.1. The van der Waals surface area contributed by atoms with Crippen LogP contribution in [0.15, 0.2) is 12.3 Å². The number of nitrogens with zero attached hydrogens (tertiary/aromatic N) is 4. The van der Waals surface area contributed by atoms with Gasteiger partial charge in [-0.1, -0.05) is 0 Å². The summed E-state index contributed by atoms with van der Waals surface area (Å²) in [5.41, 5.74) is -0.968. The first kappa shape index (κ1) is 14.5. The van der Waals surface area contributed by atoms with E-state index in [2.05, 4.69) is 9.97 Å². The molecule has 1 amide bonds. The highest BCUT2D eigenvalue weighted by molar-refractivity contribution is 5.79. The van der Waals surface area contributed by atoms with E-state index < -0.39 is 11.9 Å². The standard InChI is InChI=1S/C12H15F3N4O/c1-18(2)10(20)8-4-6-19(7-8)11-16-5-3-9(17-11)12(13,14)15/h3,5,8H,4,6-7H2,1-2H3. The maximum absolute atomic E-state index is 12.6. The highest BCUT2D eigenvalue weighted by atomic mass is 19.4. The Morgan fingerprint density at radius 1 is 1.45 bits per heavy atom. The van der Waals surface area contributed by atoms with Crippen LogP contribution in [0.4, 0.5) is 19.1 Å². The van der Waals surface area contributed by atoms with Gasteiger partial charge >= 0.3 is 6.18 Å². The van der Waals surface area contributed by atoms with Gasteiger partial charge in [-0.3, -0.25) is 4.79 Å². The second-order valence-electron chi connectivity index (χ2n) is 4.90. The molecule has 8 heteroatoms. The lowest BCUT2D eigenvalue weighted by Gasteiger charge is -2.18. The summed E-state index contributed by atoms with van der Waals surface area (Å²) in [5, 5.41) is 0. The van der Waals surface area contributed by atoms with Crippen molar-refractivity contribution in [2.45, 2.75) is 12.6 Å². The van der Waals surface area contributed by atoms with E-state index in [-0.39, 0.29) is 17.8 Å². The summed E-state index contributed by atoms with van der Waals surface area (Å²) >= 11 is 0. The topological polar surface area (TPSA) is 49.3 Å². The summed E-state index contributed by atoms with van der Waals surface area (Å²) in [6, 6.07) is 0.835. The number of halogens is 3. The van der Waals surface area contributed by atoms with Crippen LogP contribution in [0.25, 0.3) is 0 Å². The molecule has 0 aliphatic carbocycles. The highest BCUT2D eigenvalue weighted by Gasteiger charge is 2.35. The van der Waals surface area contributed by atoms with Crippen LogP contribution in [-0.4, -0.2) is 48.0 Å². The molecule has 1 unspecified atom stereocenters. The van der Waals surface area contributed by atoms with Gasteiger partial charge in [0, 0.05) is 33.4 Å². The van der Waals surface area contributed by atoms with Crippen LogP contribution in [0.2, 0.25) is 0 Å². The third kappa shape index (κ3) is 3.00. The van der Waals surface area contributed by atoms with Crippen LogP contribution < -0.4 is 4.90 Å². The van der Waals surface area contributed by atoms with Gasteiger partial charge in [0.2, 0.25) is 11.9 Å². The molecule has 1 aliphatic heterocycles. The zero-order valence-electron chi connectivity index (χ0n) is 11.2. The van der Waals surface area contributed by atoms with Crippen molar-refractivity contribution in [3.05, 3.63) is 18.0 Å². The number of carbonyl (C=O) groups is 1. The zero-order valence-corrected chi connectivity index (χ0v) is 11.2. The third-order valence-electron chi connectivity index (χ3n) is 3.19. The van der Waals surface area contributed by atoms with Crippen molar-refractivity contribution in [1.82, 2.24) is 14.9 Å². The number of carbonyl (C=O) groups excluding carboxylic acids is 1. The molecule has 1 aromatic rings. The average molecular weight is 288 g/mol. The lowest BCUT2D eigenvalue weighted by molar-refractivity contribution is -0.141. The van der Waals surface area contributed by atoms with Crippen LogP contribution in [0, 0.1) is 5.92 Å². The van der Waals surface area contributed by atoms with Crippen molar-refractivity contribution in [3.63, 3.8) is 0 Å². The van der Waals surface area contributed by atoms with Crippen molar-refractivity contribution in [2.24, 2.45) is 5.92 Å². The second kappa shape index (κ2) is 5.26. The first-order chi connectivity index (χ1) is 9.29. The van der Waals surface area contributed by atoms with Crippen molar-refractivity contribution in [2.75, 3.05) is 32.1 Å². The molecule has 0 bridgehead atoms. The minimum atomic E-state index is -4.49. The van der Waals surface area contributed by atoms with Crippen LogP contribution in [0.3, 0.4) is 0 Å². The highest BCUT2D eigenvalue weighted by Crippen LogP contribution is 2.29. The van der Waals surface area contributed by atoms with E-state index in [1.54, 1.807) is 19.0 Å². The van der Waals surface area contributed by atoms with Crippen LogP contribution in [0.5, 0.6) is 0 Å². The fraction of sp³-hybridized carbons (Fsp3) is 0.583. The van der Waals surface area contributed by atoms with E-state index >= 15 is 0 Å². The molecule has 1 fully saturated rings. The summed E-state index contributed by atoms with van der Waals surface area (Å²) < 4.78 is 37.8. The predicted octanol–water partition coefficient (Wildman–Crippen LogP) is 1.41.